The van der Waals surface area contributed by atoms with Crippen molar-refractivity contribution in [3.63, 3.8) is 0 Å². The standard InChI is InChI=1S/C17H33N3O/c1-14-6-4-8-19(11-14)9-5-7-18-17(21)20-12-15(2)10-16(3)13-20/h14-16H,4-13H2,1-3H3,(H,18,21). The van der Waals surface area contributed by atoms with Gasteiger partial charge in [0.1, 0.15) is 0 Å². The molecule has 2 rings (SSSR count). The van der Waals surface area contributed by atoms with Crippen LogP contribution in [0.2, 0.25) is 0 Å². The molecule has 1 N–H and O–H groups in total. The summed E-state index contributed by atoms with van der Waals surface area (Å²) < 4.78 is 0. The Hall–Kier alpha value is -0.770. The summed E-state index contributed by atoms with van der Waals surface area (Å²) in [6.07, 6.45) is 5.02. The minimum atomic E-state index is 0.139. The summed E-state index contributed by atoms with van der Waals surface area (Å²) in [4.78, 5) is 16.7. The summed E-state index contributed by atoms with van der Waals surface area (Å²) in [5.74, 6) is 2.10. The van der Waals surface area contributed by atoms with Crippen LogP contribution in [0.4, 0.5) is 4.79 Å². The van der Waals surface area contributed by atoms with Crippen LogP contribution in [0.25, 0.3) is 0 Å². The van der Waals surface area contributed by atoms with Gasteiger partial charge in [0.15, 0.2) is 0 Å². The van der Waals surface area contributed by atoms with Crippen molar-refractivity contribution in [2.24, 2.45) is 17.8 Å². The average Bonchev–Trinajstić information content (AvgIpc) is 2.42. The number of rotatable bonds is 4. The molecule has 0 aromatic heterocycles. The summed E-state index contributed by atoms with van der Waals surface area (Å²) in [6.45, 7) is 13.1. The van der Waals surface area contributed by atoms with E-state index >= 15 is 0 Å². The van der Waals surface area contributed by atoms with Crippen LogP contribution in [0, 0.1) is 17.8 Å². The van der Waals surface area contributed by atoms with E-state index in [2.05, 4.69) is 31.0 Å². The lowest BCUT2D eigenvalue weighted by molar-refractivity contribution is 0.145. The molecule has 3 unspecified atom stereocenters. The van der Waals surface area contributed by atoms with E-state index in [-0.39, 0.29) is 6.03 Å². The van der Waals surface area contributed by atoms with Crippen molar-refractivity contribution in [3.05, 3.63) is 0 Å². The van der Waals surface area contributed by atoms with Gasteiger partial charge in [-0.1, -0.05) is 20.8 Å². The molecule has 2 amide bonds. The number of amides is 2. The minimum absolute atomic E-state index is 0.139. The maximum absolute atomic E-state index is 12.2. The van der Waals surface area contributed by atoms with Gasteiger partial charge in [-0.2, -0.15) is 0 Å². The Labute approximate surface area is 130 Å². The van der Waals surface area contributed by atoms with Crippen LogP contribution in [0.3, 0.4) is 0 Å². The van der Waals surface area contributed by atoms with E-state index in [0.717, 1.165) is 38.5 Å². The van der Waals surface area contributed by atoms with Gasteiger partial charge in [-0.05, 0) is 56.5 Å². The van der Waals surface area contributed by atoms with Crippen molar-refractivity contribution in [1.29, 1.82) is 0 Å². The largest absolute Gasteiger partial charge is 0.338 e. The summed E-state index contributed by atoms with van der Waals surface area (Å²) in [5, 5.41) is 3.10. The highest BCUT2D eigenvalue weighted by Crippen LogP contribution is 2.20. The predicted octanol–water partition coefficient (Wildman–Crippen LogP) is 2.80. The average molecular weight is 295 g/mol. The van der Waals surface area contributed by atoms with Crippen molar-refractivity contribution in [2.45, 2.75) is 46.5 Å². The molecule has 4 heteroatoms. The maximum Gasteiger partial charge on any atom is 0.317 e. The normalized spacial score (nSPS) is 31.2. The van der Waals surface area contributed by atoms with E-state index in [1.807, 2.05) is 4.90 Å². The molecule has 0 radical (unpaired) electrons. The molecule has 0 aromatic rings. The smallest absolute Gasteiger partial charge is 0.317 e. The van der Waals surface area contributed by atoms with E-state index in [1.165, 1.54) is 32.4 Å². The molecular weight excluding hydrogens is 262 g/mol. The van der Waals surface area contributed by atoms with Gasteiger partial charge >= 0.3 is 6.03 Å². The maximum atomic E-state index is 12.2. The molecule has 3 atom stereocenters. The van der Waals surface area contributed by atoms with Gasteiger partial charge in [0.05, 0.1) is 0 Å². The molecular formula is C17H33N3O. The molecule has 2 saturated heterocycles. The molecule has 0 aliphatic carbocycles. The van der Waals surface area contributed by atoms with Crippen molar-refractivity contribution in [2.75, 3.05) is 39.3 Å². The quantitative estimate of drug-likeness (QED) is 0.810. The van der Waals surface area contributed by atoms with Gasteiger partial charge in [0.25, 0.3) is 0 Å². The highest BCUT2D eigenvalue weighted by atomic mass is 16.2. The minimum Gasteiger partial charge on any atom is -0.338 e. The first-order valence-electron chi connectivity index (χ1n) is 8.79. The monoisotopic (exact) mass is 295 g/mol. The van der Waals surface area contributed by atoms with Crippen molar-refractivity contribution >= 4 is 6.03 Å². The van der Waals surface area contributed by atoms with Crippen LogP contribution in [-0.4, -0.2) is 55.1 Å². The lowest BCUT2D eigenvalue weighted by Gasteiger charge is -2.35. The number of urea groups is 1. The molecule has 21 heavy (non-hydrogen) atoms. The van der Waals surface area contributed by atoms with E-state index in [0.29, 0.717) is 11.8 Å². The zero-order valence-corrected chi connectivity index (χ0v) is 14.1. The van der Waals surface area contributed by atoms with E-state index in [4.69, 9.17) is 0 Å². The fourth-order valence-corrected chi connectivity index (χ4v) is 3.93. The Bertz CT molecular complexity index is 324. The number of nitrogens with zero attached hydrogens (tertiary/aromatic N) is 2. The van der Waals surface area contributed by atoms with Crippen LogP contribution in [0.15, 0.2) is 0 Å². The predicted molar refractivity (Wildman–Crippen MR) is 87.4 cm³/mol. The summed E-state index contributed by atoms with van der Waals surface area (Å²) in [7, 11) is 0. The molecule has 4 nitrogen and oxygen atoms in total. The third kappa shape index (κ3) is 5.50. The van der Waals surface area contributed by atoms with Crippen molar-refractivity contribution in [1.82, 2.24) is 15.1 Å². The van der Waals surface area contributed by atoms with Gasteiger partial charge in [-0.15, -0.1) is 0 Å². The second kappa shape index (κ2) is 8.02. The fraction of sp³-hybridized carbons (Fsp3) is 0.941. The zero-order valence-electron chi connectivity index (χ0n) is 14.1. The molecule has 0 bridgehead atoms. The second-order valence-corrected chi connectivity index (χ2v) is 7.48. The Balaban J connectivity index is 1.60. The Morgan fingerprint density at radius 1 is 1.10 bits per heavy atom. The van der Waals surface area contributed by atoms with E-state index in [1.54, 1.807) is 0 Å². The Morgan fingerprint density at radius 3 is 2.48 bits per heavy atom. The summed E-state index contributed by atoms with van der Waals surface area (Å²) in [5.41, 5.74) is 0. The first-order chi connectivity index (χ1) is 10.0. The number of piperidine rings is 2. The fourth-order valence-electron chi connectivity index (χ4n) is 3.93. The molecule has 2 heterocycles. The molecule has 0 saturated carbocycles. The third-order valence-corrected chi connectivity index (χ3v) is 4.82. The lowest BCUT2D eigenvalue weighted by atomic mass is 9.92. The molecule has 0 spiro atoms. The van der Waals surface area contributed by atoms with Crippen LogP contribution < -0.4 is 5.32 Å². The van der Waals surface area contributed by atoms with Crippen LogP contribution in [-0.2, 0) is 0 Å². The SMILES string of the molecule is CC1CCCN(CCCNC(=O)N2CC(C)CC(C)C2)C1. The van der Waals surface area contributed by atoms with Gasteiger partial charge in [-0.25, -0.2) is 4.79 Å². The highest BCUT2D eigenvalue weighted by molar-refractivity contribution is 5.74. The molecule has 2 aliphatic heterocycles. The molecule has 2 aliphatic rings. The number of carbonyl (C=O) groups excluding carboxylic acids is 1. The number of hydrogen-bond acceptors (Lipinski definition) is 2. The van der Waals surface area contributed by atoms with Crippen LogP contribution >= 0.6 is 0 Å². The first-order valence-corrected chi connectivity index (χ1v) is 8.79. The van der Waals surface area contributed by atoms with Crippen LogP contribution in [0.1, 0.15) is 46.5 Å². The number of likely N-dealkylation sites (tertiary alicyclic amines) is 2. The highest BCUT2D eigenvalue weighted by Gasteiger charge is 2.25. The van der Waals surface area contributed by atoms with Gasteiger partial charge in [0, 0.05) is 26.2 Å². The van der Waals surface area contributed by atoms with E-state index < -0.39 is 0 Å². The topological polar surface area (TPSA) is 35.6 Å². The Morgan fingerprint density at radius 2 is 1.81 bits per heavy atom. The van der Waals surface area contributed by atoms with Crippen molar-refractivity contribution in [3.8, 4) is 0 Å². The third-order valence-electron chi connectivity index (χ3n) is 4.82. The molecule has 2 fully saturated rings. The van der Waals surface area contributed by atoms with Crippen molar-refractivity contribution < 1.29 is 4.79 Å². The second-order valence-electron chi connectivity index (χ2n) is 7.48. The summed E-state index contributed by atoms with van der Waals surface area (Å²) >= 11 is 0. The van der Waals surface area contributed by atoms with Gasteiger partial charge in [-0.3, -0.25) is 0 Å². The number of hydrogen-bond donors (Lipinski definition) is 1. The van der Waals surface area contributed by atoms with E-state index in [9.17, 15) is 4.79 Å². The van der Waals surface area contributed by atoms with Crippen LogP contribution in [0.5, 0.6) is 0 Å². The van der Waals surface area contributed by atoms with Gasteiger partial charge < -0.3 is 15.1 Å². The zero-order chi connectivity index (χ0) is 15.2. The summed E-state index contributed by atoms with van der Waals surface area (Å²) in [6, 6.07) is 0.139. The lowest BCUT2D eigenvalue weighted by Crippen LogP contribution is -2.48. The first kappa shape index (κ1) is 16.6. The molecule has 122 valence electrons. The molecule has 0 aromatic carbocycles. The number of carbonyl (C=O) groups is 1. The Kier molecular flexibility index (Phi) is 6.34. The van der Waals surface area contributed by atoms with Gasteiger partial charge in [0.2, 0.25) is 0 Å². The number of nitrogens with one attached hydrogen (secondary N) is 1.